The van der Waals surface area contributed by atoms with Gasteiger partial charge < -0.3 is 14.2 Å². The van der Waals surface area contributed by atoms with E-state index in [-0.39, 0.29) is 11.5 Å². The van der Waals surface area contributed by atoms with E-state index in [4.69, 9.17) is 14.2 Å². The van der Waals surface area contributed by atoms with Crippen LogP contribution in [0.3, 0.4) is 0 Å². The second-order valence-electron chi connectivity index (χ2n) is 8.91. The summed E-state index contributed by atoms with van der Waals surface area (Å²) in [4.78, 5) is 2.51. The predicted octanol–water partition coefficient (Wildman–Crippen LogP) is 4.04. The predicted molar refractivity (Wildman–Crippen MR) is 116 cm³/mol. The van der Waals surface area contributed by atoms with Gasteiger partial charge in [-0.2, -0.15) is 0 Å². The molecule has 2 aliphatic carbocycles. The number of nitrogens with zero attached hydrogens (tertiary/aromatic N) is 1. The first-order valence-electron chi connectivity index (χ1n) is 10.8. The molecule has 1 fully saturated rings. The molecule has 0 saturated carbocycles. The molecule has 3 atom stereocenters. The summed E-state index contributed by atoms with van der Waals surface area (Å²) < 4.78 is 18.5. The normalized spacial score (nSPS) is 28.6. The van der Waals surface area contributed by atoms with E-state index in [0.717, 1.165) is 43.1 Å². The molecule has 4 nitrogen and oxygen atoms in total. The fourth-order valence-electron chi connectivity index (χ4n) is 6.23. The van der Waals surface area contributed by atoms with Crippen LogP contribution in [0.15, 0.2) is 65.4 Å². The van der Waals surface area contributed by atoms with E-state index in [9.17, 15) is 0 Å². The van der Waals surface area contributed by atoms with Gasteiger partial charge in [-0.3, -0.25) is 4.90 Å². The highest BCUT2D eigenvalue weighted by Gasteiger charge is 2.62. The molecule has 2 aliphatic heterocycles. The maximum atomic E-state index is 6.74. The number of methoxy groups -OCH3 is 2. The second kappa shape index (κ2) is 6.39. The zero-order valence-electron chi connectivity index (χ0n) is 17.8. The van der Waals surface area contributed by atoms with E-state index in [1.807, 2.05) is 0 Å². The van der Waals surface area contributed by atoms with E-state index >= 15 is 0 Å². The molecule has 2 bridgehead atoms. The topological polar surface area (TPSA) is 30.9 Å². The lowest BCUT2D eigenvalue weighted by Gasteiger charge is -2.53. The van der Waals surface area contributed by atoms with Crippen molar-refractivity contribution in [1.29, 1.82) is 0 Å². The van der Waals surface area contributed by atoms with Gasteiger partial charge in [0.05, 0.1) is 19.6 Å². The third-order valence-corrected chi connectivity index (χ3v) is 7.58. The van der Waals surface area contributed by atoms with Crippen LogP contribution in [0.4, 0.5) is 0 Å². The largest absolute Gasteiger partial charge is 0.497 e. The standard InChI is InChI=1S/C26H27NO3/c1-27-12-11-26-19-14-18(13-16-7-5-4-6-8-16)23(29-3)25(26)30-24-21(28-2)10-9-17(22(24)26)15-20(19)27/h4-10,14,20,25H,11-13,15H2,1-3H3/t20-,25+,26+/m1/s1. The molecule has 1 saturated heterocycles. The monoisotopic (exact) mass is 401 g/mol. The summed E-state index contributed by atoms with van der Waals surface area (Å²) in [5, 5.41) is 0. The van der Waals surface area contributed by atoms with Gasteiger partial charge >= 0.3 is 0 Å². The Kier molecular flexibility index (Phi) is 3.85. The minimum absolute atomic E-state index is 0.122. The highest BCUT2D eigenvalue weighted by molar-refractivity contribution is 5.68. The van der Waals surface area contributed by atoms with Crippen LogP contribution in [0.1, 0.15) is 23.1 Å². The zero-order valence-corrected chi connectivity index (χ0v) is 17.8. The number of rotatable bonds is 4. The molecule has 0 radical (unpaired) electrons. The van der Waals surface area contributed by atoms with Crippen LogP contribution in [0.2, 0.25) is 0 Å². The molecular formula is C26H27NO3. The summed E-state index contributed by atoms with van der Waals surface area (Å²) in [7, 11) is 5.77. The number of allylic oxidation sites excluding steroid dienone is 2. The summed E-state index contributed by atoms with van der Waals surface area (Å²) in [5.74, 6) is 2.72. The molecule has 0 unspecified atom stereocenters. The van der Waals surface area contributed by atoms with Gasteiger partial charge in [-0.25, -0.2) is 0 Å². The van der Waals surface area contributed by atoms with Crippen molar-refractivity contribution < 1.29 is 14.2 Å². The third kappa shape index (κ3) is 2.20. The molecule has 4 aliphatic rings. The van der Waals surface area contributed by atoms with Crippen molar-refractivity contribution in [3.8, 4) is 11.5 Å². The SMILES string of the molecule is COC1=C(Cc2ccccc2)C=C2[C@H]3Cc4ccc(OC)c5c4[C@@]2(CCN3C)[C@H]1O5. The number of likely N-dealkylation sites (tertiary alicyclic amines) is 1. The first-order chi connectivity index (χ1) is 14.7. The van der Waals surface area contributed by atoms with Gasteiger partial charge in [0.2, 0.25) is 0 Å². The van der Waals surface area contributed by atoms with Gasteiger partial charge in [0.1, 0.15) is 5.76 Å². The van der Waals surface area contributed by atoms with Crippen LogP contribution in [0.5, 0.6) is 11.5 Å². The molecule has 4 heteroatoms. The molecule has 30 heavy (non-hydrogen) atoms. The lowest BCUT2D eigenvalue weighted by molar-refractivity contribution is 0.0712. The zero-order chi connectivity index (χ0) is 20.5. The minimum atomic E-state index is -0.139. The average Bonchev–Trinajstić information content (AvgIpc) is 3.11. The van der Waals surface area contributed by atoms with Crippen molar-refractivity contribution >= 4 is 0 Å². The lowest BCUT2D eigenvalue weighted by atomic mass is 9.56. The maximum Gasteiger partial charge on any atom is 0.169 e. The number of hydrogen-bond acceptors (Lipinski definition) is 4. The summed E-state index contributed by atoms with van der Waals surface area (Å²) in [6, 6.07) is 15.3. The van der Waals surface area contributed by atoms with Crippen LogP contribution in [-0.4, -0.2) is 44.9 Å². The Hall–Kier alpha value is -2.72. The van der Waals surface area contributed by atoms with E-state index in [0.29, 0.717) is 6.04 Å². The molecule has 2 aromatic rings. The number of piperidine rings is 1. The molecule has 0 amide bonds. The van der Waals surface area contributed by atoms with Crippen molar-refractivity contribution in [2.24, 2.45) is 0 Å². The highest BCUT2D eigenvalue weighted by atomic mass is 16.6. The van der Waals surface area contributed by atoms with Crippen molar-refractivity contribution in [2.45, 2.75) is 36.8 Å². The smallest absolute Gasteiger partial charge is 0.169 e. The van der Waals surface area contributed by atoms with Crippen LogP contribution in [0, 0.1) is 0 Å². The van der Waals surface area contributed by atoms with Crippen molar-refractivity contribution in [3.05, 3.63) is 82.1 Å². The Balaban J connectivity index is 1.58. The van der Waals surface area contributed by atoms with Gasteiger partial charge in [0.25, 0.3) is 0 Å². The highest BCUT2D eigenvalue weighted by Crippen LogP contribution is 2.63. The van der Waals surface area contributed by atoms with Gasteiger partial charge in [-0.05, 0) is 54.8 Å². The molecule has 2 heterocycles. The number of benzene rings is 2. The average molecular weight is 402 g/mol. The maximum absolute atomic E-state index is 6.74. The summed E-state index contributed by atoms with van der Waals surface area (Å²) in [5.41, 5.74) is 6.61. The Morgan fingerprint density at radius 3 is 2.70 bits per heavy atom. The first-order valence-corrected chi connectivity index (χ1v) is 10.8. The number of likely N-dealkylation sites (N-methyl/N-ethyl adjacent to an activating group) is 1. The van der Waals surface area contributed by atoms with Crippen molar-refractivity contribution in [2.75, 3.05) is 27.8 Å². The molecule has 0 aromatic heterocycles. The van der Waals surface area contributed by atoms with E-state index in [2.05, 4.69) is 60.5 Å². The lowest BCUT2D eigenvalue weighted by Crippen LogP contribution is -2.59. The van der Waals surface area contributed by atoms with E-state index in [1.54, 1.807) is 14.2 Å². The van der Waals surface area contributed by atoms with Gasteiger partial charge in [0, 0.05) is 18.0 Å². The second-order valence-corrected chi connectivity index (χ2v) is 8.91. The molecular weight excluding hydrogens is 374 g/mol. The van der Waals surface area contributed by atoms with Crippen LogP contribution in [0.25, 0.3) is 0 Å². The summed E-state index contributed by atoms with van der Waals surface area (Å²) >= 11 is 0. The fraction of sp³-hybridized carbons (Fsp3) is 0.385. The summed E-state index contributed by atoms with van der Waals surface area (Å²) in [6.45, 7) is 1.06. The van der Waals surface area contributed by atoms with E-state index < -0.39 is 0 Å². The van der Waals surface area contributed by atoms with Crippen LogP contribution in [-0.2, 0) is 23.0 Å². The van der Waals surface area contributed by atoms with Crippen LogP contribution < -0.4 is 9.47 Å². The Labute approximate surface area is 177 Å². The Bertz CT molecular complexity index is 1090. The summed E-state index contributed by atoms with van der Waals surface area (Å²) in [6.07, 6.45) is 5.22. The molecule has 154 valence electrons. The first kappa shape index (κ1) is 18.1. The molecule has 6 rings (SSSR count). The quantitative estimate of drug-likeness (QED) is 0.774. The van der Waals surface area contributed by atoms with Crippen molar-refractivity contribution in [3.63, 3.8) is 0 Å². The number of ether oxygens (including phenoxy) is 3. The Morgan fingerprint density at radius 2 is 1.93 bits per heavy atom. The van der Waals surface area contributed by atoms with Gasteiger partial charge in [-0.15, -0.1) is 0 Å². The third-order valence-electron chi connectivity index (χ3n) is 7.58. The minimum Gasteiger partial charge on any atom is -0.497 e. The Morgan fingerprint density at radius 1 is 1.10 bits per heavy atom. The number of hydrogen-bond donors (Lipinski definition) is 0. The molecule has 1 spiro atoms. The van der Waals surface area contributed by atoms with Crippen molar-refractivity contribution in [1.82, 2.24) is 4.90 Å². The van der Waals surface area contributed by atoms with Gasteiger partial charge in [-0.1, -0.05) is 42.5 Å². The molecule has 0 N–H and O–H groups in total. The van der Waals surface area contributed by atoms with Crippen LogP contribution >= 0.6 is 0 Å². The molecule has 2 aromatic carbocycles. The van der Waals surface area contributed by atoms with E-state index in [1.165, 1.54) is 27.8 Å². The fourth-order valence-corrected chi connectivity index (χ4v) is 6.23. The van der Waals surface area contributed by atoms with Gasteiger partial charge in [0.15, 0.2) is 17.6 Å².